The summed E-state index contributed by atoms with van der Waals surface area (Å²) in [5.74, 6) is 0. The first-order valence-electron chi connectivity index (χ1n) is 2.97. The molecule has 1 aromatic rings. The van der Waals surface area contributed by atoms with Crippen LogP contribution in [0, 0.1) is 0 Å². The maximum atomic E-state index is 2.16. The SMILES string of the molecule is CCc1ccccc1.[AlH3].[NaH]. The molecule has 0 bridgehead atoms. The molecule has 10 heavy (non-hydrogen) atoms. The van der Waals surface area contributed by atoms with Crippen LogP contribution in [0.15, 0.2) is 30.3 Å². The second-order valence-electron chi connectivity index (χ2n) is 1.84. The quantitative estimate of drug-likeness (QED) is 0.522. The van der Waals surface area contributed by atoms with Gasteiger partial charge >= 0.3 is 29.6 Å². The Kier molecular flexibility index (Phi) is 10.5. The third-order valence-electron chi connectivity index (χ3n) is 1.25. The topological polar surface area (TPSA) is 0 Å². The van der Waals surface area contributed by atoms with Crippen LogP contribution >= 0.6 is 0 Å². The van der Waals surface area contributed by atoms with Crippen molar-refractivity contribution < 1.29 is 0 Å². The Morgan fingerprint density at radius 1 is 1.10 bits per heavy atom. The van der Waals surface area contributed by atoms with E-state index in [1.807, 2.05) is 6.07 Å². The molecule has 1 rings (SSSR count). The standard InChI is InChI=1S/C8H10.Al.Na.4H/c1-2-8-6-4-3-5-7-8;;;;;;/h3-7H,2H2,1H3;;;;;;. The summed E-state index contributed by atoms with van der Waals surface area (Å²) < 4.78 is 0. The number of aryl methyl sites for hydroxylation is 1. The predicted octanol–water partition coefficient (Wildman–Crippen LogP) is 0.417. The summed E-state index contributed by atoms with van der Waals surface area (Å²) in [6.45, 7) is 2.16. The van der Waals surface area contributed by atoms with Crippen LogP contribution in [-0.4, -0.2) is 46.9 Å². The van der Waals surface area contributed by atoms with Gasteiger partial charge in [-0.25, -0.2) is 0 Å². The monoisotopic (exact) mass is 160 g/mol. The first-order valence-corrected chi connectivity index (χ1v) is 2.97. The van der Waals surface area contributed by atoms with E-state index in [-0.39, 0.29) is 46.9 Å². The molecule has 0 fully saturated rings. The van der Waals surface area contributed by atoms with Crippen molar-refractivity contribution in [2.75, 3.05) is 0 Å². The normalized spacial score (nSPS) is 7.30. The third kappa shape index (κ3) is 4.55. The van der Waals surface area contributed by atoms with E-state index >= 15 is 0 Å². The molecule has 0 heterocycles. The maximum absolute atomic E-state index is 2.16. The Labute approximate surface area is 95.4 Å². The van der Waals surface area contributed by atoms with E-state index in [4.69, 9.17) is 0 Å². The van der Waals surface area contributed by atoms with Crippen LogP contribution in [0.25, 0.3) is 0 Å². The summed E-state index contributed by atoms with van der Waals surface area (Å²) >= 11 is 0. The van der Waals surface area contributed by atoms with E-state index in [0.717, 1.165) is 6.42 Å². The molecule has 0 aliphatic carbocycles. The van der Waals surface area contributed by atoms with Gasteiger partial charge in [-0.1, -0.05) is 37.3 Å². The van der Waals surface area contributed by atoms with Crippen LogP contribution in [0.2, 0.25) is 0 Å². The van der Waals surface area contributed by atoms with Crippen LogP contribution < -0.4 is 0 Å². The van der Waals surface area contributed by atoms with E-state index in [1.54, 1.807) is 0 Å². The molecule has 0 aliphatic heterocycles. The minimum atomic E-state index is 0. The molecule has 2 heteroatoms. The van der Waals surface area contributed by atoms with Gasteiger partial charge < -0.3 is 0 Å². The third-order valence-corrected chi connectivity index (χ3v) is 1.25. The van der Waals surface area contributed by atoms with Gasteiger partial charge in [-0.2, -0.15) is 0 Å². The number of hydrogen-bond donors (Lipinski definition) is 0. The summed E-state index contributed by atoms with van der Waals surface area (Å²) in [5.41, 5.74) is 1.41. The van der Waals surface area contributed by atoms with E-state index in [9.17, 15) is 0 Å². The molecular formula is C8H14AlNa. The van der Waals surface area contributed by atoms with Crippen molar-refractivity contribution in [1.82, 2.24) is 0 Å². The molecule has 0 saturated carbocycles. The second kappa shape index (κ2) is 7.86. The summed E-state index contributed by atoms with van der Waals surface area (Å²) in [6.07, 6.45) is 1.14. The van der Waals surface area contributed by atoms with E-state index in [1.165, 1.54) is 5.56 Å². The molecule has 0 aromatic heterocycles. The molecule has 1 aromatic carbocycles. The Hall–Kier alpha value is 0.752. The molecule has 0 aliphatic rings. The molecule has 0 nitrogen and oxygen atoms in total. The molecular weight excluding hydrogens is 146 g/mol. The Bertz CT molecular complexity index is 151. The van der Waals surface area contributed by atoms with Crippen molar-refractivity contribution in [2.24, 2.45) is 0 Å². The first kappa shape index (κ1) is 13.3. The van der Waals surface area contributed by atoms with Gasteiger partial charge in [0.2, 0.25) is 0 Å². The fourth-order valence-corrected chi connectivity index (χ4v) is 0.714. The zero-order valence-electron chi connectivity index (χ0n) is 5.09. The molecule has 0 N–H and O–H groups in total. The number of rotatable bonds is 1. The van der Waals surface area contributed by atoms with Crippen LogP contribution in [0.4, 0.5) is 0 Å². The summed E-state index contributed by atoms with van der Waals surface area (Å²) in [4.78, 5) is 0. The van der Waals surface area contributed by atoms with Crippen molar-refractivity contribution in [2.45, 2.75) is 13.3 Å². The van der Waals surface area contributed by atoms with Crippen LogP contribution in [0.5, 0.6) is 0 Å². The molecule has 0 radical (unpaired) electrons. The zero-order chi connectivity index (χ0) is 5.82. The Balaban J connectivity index is 0. The van der Waals surface area contributed by atoms with E-state index in [0.29, 0.717) is 0 Å². The van der Waals surface area contributed by atoms with Gasteiger partial charge in [-0.3, -0.25) is 0 Å². The minimum absolute atomic E-state index is 0. The first-order chi connectivity index (χ1) is 3.93. The molecule has 0 spiro atoms. The average molecular weight is 160 g/mol. The fourth-order valence-electron chi connectivity index (χ4n) is 0.714. The van der Waals surface area contributed by atoms with Gasteiger partial charge in [-0.15, -0.1) is 0 Å². The predicted molar refractivity (Wildman–Crippen MR) is 52.9 cm³/mol. The summed E-state index contributed by atoms with van der Waals surface area (Å²) in [7, 11) is 0. The van der Waals surface area contributed by atoms with Crippen molar-refractivity contribution in [1.29, 1.82) is 0 Å². The summed E-state index contributed by atoms with van der Waals surface area (Å²) in [5, 5.41) is 0. The van der Waals surface area contributed by atoms with E-state index in [2.05, 4.69) is 31.2 Å². The molecule has 0 atom stereocenters. The van der Waals surface area contributed by atoms with Crippen molar-refractivity contribution in [3.63, 3.8) is 0 Å². The van der Waals surface area contributed by atoms with Gasteiger partial charge in [0.25, 0.3) is 0 Å². The van der Waals surface area contributed by atoms with Crippen LogP contribution in [0.3, 0.4) is 0 Å². The van der Waals surface area contributed by atoms with Gasteiger partial charge in [0, 0.05) is 0 Å². The van der Waals surface area contributed by atoms with Gasteiger partial charge in [-0.05, 0) is 12.0 Å². The number of benzene rings is 1. The zero-order valence-corrected chi connectivity index (χ0v) is 5.09. The average Bonchev–Trinajstić information content (AvgIpc) is 1.90. The molecule has 50 valence electrons. The van der Waals surface area contributed by atoms with Crippen molar-refractivity contribution in [3.05, 3.63) is 35.9 Å². The van der Waals surface area contributed by atoms with Crippen LogP contribution in [0.1, 0.15) is 12.5 Å². The van der Waals surface area contributed by atoms with Crippen LogP contribution in [-0.2, 0) is 6.42 Å². The fraction of sp³-hybridized carbons (Fsp3) is 0.250. The second-order valence-corrected chi connectivity index (χ2v) is 1.84. The summed E-state index contributed by atoms with van der Waals surface area (Å²) in [6, 6.07) is 10.5. The van der Waals surface area contributed by atoms with Gasteiger partial charge in [0.15, 0.2) is 17.4 Å². The number of hydrogen-bond acceptors (Lipinski definition) is 0. The Morgan fingerprint density at radius 2 is 1.60 bits per heavy atom. The molecule has 0 amide bonds. The molecule has 0 saturated heterocycles. The van der Waals surface area contributed by atoms with Gasteiger partial charge in [0.1, 0.15) is 0 Å². The van der Waals surface area contributed by atoms with Crippen molar-refractivity contribution in [3.8, 4) is 0 Å². The Morgan fingerprint density at radius 3 is 1.90 bits per heavy atom. The molecule has 0 unspecified atom stereocenters. The van der Waals surface area contributed by atoms with E-state index < -0.39 is 0 Å². The van der Waals surface area contributed by atoms with Gasteiger partial charge in [0.05, 0.1) is 0 Å². The van der Waals surface area contributed by atoms with Crippen molar-refractivity contribution >= 4 is 46.9 Å².